The first-order chi connectivity index (χ1) is 6.09. The van der Waals surface area contributed by atoms with Crippen LogP contribution < -0.4 is 0 Å². The largest absolute Gasteiger partial charge is 0.462 e. The molecule has 74 valence electrons. The van der Waals surface area contributed by atoms with Crippen molar-refractivity contribution in [3.8, 4) is 0 Å². The van der Waals surface area contributed by atoms with Gasteiger partial charge in [-0.15, -0.1) is 0 Å². The standard InChI is InChI=1S/C11H18O2/c1-8(2)9(3)6-11(12)13-7-10-4-5-10/h6,8,10H,4-5,7H2,1-3H3/b9-6+. The lowest BCUT2D eigenvalue weighted by molar-refractivity contribution is -0.138. The zero-order valence-corrected chi connectivity index (χ0v) is 8.67. The number of rotatable bonds is 4. The molecule has 0 heterocycles. The van der Waals surface area contributed by atoms with Crippen LogP contribution in [0, 0.1) is 11.8 Å². The molecule has 0 bridgehead atoms. The SMILES string of the molecule is C/C(=C\C(=O)OCC1CC1)C(C)C. The van der Waals surface area contributed by atoms with Crippen LogP contribution in [0.25, 0.3) is 0 Å². The van der Waals surface area contributed by atoms with Crippen LogP contribution in [0.1, 0.15) is 33.6 Å². The first kappa shape index (κ1) is 10.3. The Morgan fingerprint density at radius 1 is 1.54 bits per heavy atom. The first-order valence-electron chi connectivity index (χ1n) is 4.94. The summed E-state index contributed by atoms with van der Waals surface area (Å²) in [4.78, 5) is 11.2. The molecule has 1 aliphatic carbocycles. The Bertz CT molecular complexity index is 212. The van der Waals surface area contributed by atoms with Crippen molar-refractivity contribution in [3.63, 3.8) is 0 Å². The van der Waals surface area contributed by atoms with Crippen LogP contribution in [0.3, 0.4) is 0 Å². The van der Waals surface area contributed by atoms with Gasteiger partial charge in [-0.2, -0.15) is 0 Å². The topological polar surface area (TPSA) is 26.3 Å². The van der Waals surface area contributed by atoms with Gasteiger partial charge in [-0.25, -0.2) is 4.79 Å². The molecular weight excluding hydrogens is 164 g/mol. The lowest BCUT2D eigenvalue weighted by atomic mass is 10.1. The molecule has 1 fully saturated rings. The van der Waals surface area contributed by atoms with Gasteiger partial charge in [0.15, 0.2) is 0 Å². The van der Waals surface area contributed by atoms with Gasteiger partial charge < -0.3 is 4.74 Å². The quantitative estimate of drug-likeness (QED) is 0.493. The van der Waals surface area contributed by atoms with Crippen molar-refractivity contribution in [2.24, 2.45) is 11.8 Å². The van der Waals surface area contributed by atoms with Crippen LogP contribution in [-0.4, -0.2) is 12.6 Å². The summed E-state index contributed by atoms with van der Waals surface area (Å²) in [6.45, 7) is 6.71. The van der Waals surface area contributed by atoms with E-state index >= 15 is 0 Å². The first-order valence-corrected chi connectivity index (χ1v) is 4.94. The number of carbonyl (C=O) groups is 1. The van der Waals surface area contributed by atoms with Gasteiger partial charge in [0.1, 0.15) is 0 Å². The van der Waals surface area contributed by atoms with Gasteiger partial charge in [-0.05, 0) is 31.6 Å². The second-order valence-electron chi connectivity index (χ2n) is 4.12. The molecule has 1 rings (SSSR count). The van der Waals surface area contributed by atoms with Gasteiger partial charge in [0, 0.05) is 6.08 Å². The monoisotopic (exact) mass is 182 g/mol. The molecular formula is C11H18O2. The number of carbonyl (C=O) groups excluding carboxylic acids is 1. The Kier molecular flexibility index (Phi) is 3.52. The molecule has 0 saturated heterocycles. The number of hydrogen-bond acceptors (Lipinski definition) is 2. The molecule has 0 spiro atoms. The van der Waals surface area contributed by atoms with Gasteiger partial charge in [0.05, 0.1) is 6.61 Å². The Labute approximate surface area is 80.0 Å². The smallest absolute Gasteiger partial charge is 0.330 e. The maximum atomic E-state index is 11.2. The third-order valence-electron chi connectivity index (χ3n) is 2.41. The third kappa shape index (κ3) is 4.11. The van der Waals surface area contributed by atoms with E-state index in [1.807, 2.05) is 6.92 Å². The van der Waals surface area contributed by atoms with E-state index in [2.05, 4.69) is 13.8 Å². The van der Waals surface area contributed by atoms with E-state index in [0.717, 1.165) is 5.57 Å². The van der Waals surface area contributed by atoms with Crippen molar-refractivity contribution < 1.29 is 9.53 Å². The van der Waals surface area contributed by atoms with Crippen LogP contribution in [0.4, 0.5) is 0 Å². The molecule has 2 heteroatoms. The summed E-state index contributed by atoms with van der Waals surface area (Å²) in [5.41, 5.74) is 1.08. The van der Waals surface area contributed by atoms with Crippen molar-refractivity contribution in [2.45, 2.75) is 33.6 Å². The van der Waals surface area contributed by atoms with Gasteiger partial charge in [0.25, 0.3) is 0 Å². The van der Waals surface area contributed by atoms with Crippen molar-refractivity contribution >= 4 is 5.97 Å². The van der Waals surface area contributed by atoms with E-state index in [9.17, 15) is 4.79 Å². The average Bonchev–Trinajstić information content (AvgIpc) is 2.83. The summed E-state index contributed by atoms with van der Waals surface area (Å²) in [5, 5.41) is 0. The molecule has 0 N–H and O–H groups in total. The van der Waals surface area contributed by atoms with Crippen LogP contribution in [0.15, 0.2) is 11.6 Å². The van der Waals surface area contributed by atoms with E-state index in [0.29, 0.717) is 18.4 Å². The highest BCUT2D eigenvalue weighted by atomic mass is 16.5. The van der Waals surface area contributed by atoms with Gasteiger partial charge in [-0.3, -0.25) is 0 Å². The molecule has 0 aromatic heterocycles. The molecule has 0 unspecified atom stereocenters. The second kappa shape index (κ2) is 4.45. The van der Waals surface area contributed by atoms with Gasteiger partial charge >= 0.3 is 5.97 Å². The fourth-order valence-electron chi connectivity index (χ4n) is 0.879. The summed E-state index contributed by atoms with van der Waals surface area (Å²) in [7, 11) is 0. The van der Waals surface area contributed by atoms with Crippen LogP contribution in [0.5, 0.6) is 0 Å². The zero-order valence-electron chi connectivity index (χ0n) is 8.67. The molecule has 2 nitrogen and oxygen atoms in total. The molecule has 0 radical (unpaired) electrons. The summed E-state index contributed by atoms with van der Waals surface area (Å²) < 4.78 is 5.07. The fraction of sp³-hybridized carbons (Fsp3) is 0.727. The van der Waals surface area contributed by atoms with Crippen molar-refractivity contribution in [1.82, 2.24) is 0 Å². The lowest BCUT2D eigenvalue weighted by Crippen LogP contribution is -2.05. The Morgan fingerprint density at radius 3 is 2.62 bits per heavy atom. The maximum absolute atomic E-state index is 11.2. The molecule has 0 atom stereocenters. The van der Waals surface area contributed by atoms with Crippen LogP contribution in [0.2, 0.25) is 0 Å². The molecule has 0 amide bonds. The minimum absolute atomic E-state index is 0.182. The van der Waals surface area contributed by atoms with Crippen LogP contribution >= 0.6 is 0 Å². The van der Waals surface area contributed by atoms with E-state index in [1.54, 1.807) is 6.08 Å². The number of esters is 1. The summed E-state index contributed by atoms with van der Waals surface area (Å²) >= 11 is 0. The van der Waals surface area contributed by atoms with E-state index in [1.165, 1.54) is 12.8 Å². The van der Waals surface area contributed by atoms with Crippen molar-refractivity contribution in [1.29, 1.82) is 0 Å². The summed E-state index contributed by atoms with van der Waals surface area (Å²) in [5.74, 6) is 0.892. The lowest BCUT2D eigenvalue weighted by Gasteiger charge is -2.04. The maximum Gasteiger partial charge on any atom is 0.330 e. The zero-order chi connectivity index (χ0) is 9.84. The summed E-state index contributed by atoms with van der Waals surface area (Å²) in [6, 6.07) is 0. The number of ether oxygens (including phenoxy) is 1. The highest BCUT2D eigenvalue weighted by Crippen LogP contribution is 2.28. The Morgan fingerprint density at radius 2 is 2.15 bits per heavy atom. The van der Waals surface area contributed by atoms with Crippen LogP contribution in [-0.2, 0) is 9.53 Å². The van der Waals surface area contributed by atoms with E-state index in [-0.39, 0.29) is 5.97 Å². The van der Waals surface area contributed by atoms with Crippen molar-refractivity contribution in [2.75, 3.05) is 6.61 Å². The predicted molar refractivity (Wildman–Crippen MR) is 52.3 cm³/mol. The normalized spacial score (nSPS) is 17.7. The molecule has 13 heavy (non-hydrogen) atoms. The average molecular weight is 182 g/mol. The van der Waals surface area contributed by atoms with Gasteiger partial charge in [0.2, 0.25) is 0 Å². The van der Waals surface area contributed by atoms with E-state index in [4.69, 9.17) is 4.74 Å². The third-order valence-corrected chi connectivity index (χ3v) is 2.41. The highest BCUT2D eigenvalue weighted by Gasteiger charge is 2.22. The molecule has 0 aliphatic heterocycles. The minimum Gasteiger partial charge on any atom is -0.462 e. The van der Waals surface area contributed by atoms with Crippen molar-refractivity contribution in [3.05, 3.63) is 11.6 Å². The second-order valence-corrected chi connectivity index (χ2v) is 4.12. The summed E-state index contributed by atoms with van der Waals surface area (Å²) in [6.07, 6.45) is 4.05. The number of allylic oxidation sites excluding steroid dienone is 1. The highest BCUT2D eigenvalue weighted by molar-refractivity contribution is 5.82. The molecule has 0 aromatic carbocycles. The number of hydrogen-bond donors (Lipinski definition) is 0. The Hall–Kier alpha value is -0.790. The predicted octanol–water partition coefficient (Wildman–Crippen LogP) is 2.54. The molecule has 1 saturated carbocycles. The minimum atomic E-state index is -0.182. The van der Waals surface area contributed by atoms with Gasteiger partial charge in [-0.1, -0.05) is 19.4 Å². The fourth-order valence-corrected chi connectivity index (χ4v) is 0.879. The van der Waals surface area contributed by atoms with E-state index < -0.39 is 0 Å². The molecule has 0 aromatic rings. The Balaban J connectivity index is 2.25. The molecule has 1 aliphatic rings.